The number of halogens is 2. The van der Waals surface area contributed by atoms with E-state index in [2.05, 4.69) is 18.9 Å². The summed E-state index contributed by atoms with van der Waals surface area (Å²) in [6.45, 7) is 4.18. The lowest BCUT2D eigenvalue weighted by Crippen LogP contribution is -2.08. The summed E-state index contributed by atoms with van der Waals surface area (Å²) >= 11 is 12.1. The fourth-order valence-corrected chi connectivity index (χ4v) is 2.53. The SMILES string of the molecule is CCC(C)n1ccc(CC(=O)c2c(Cl)cccc2Cl)n1. The van der Waals surface area contributed by atoms with Crippen LogP contribution >= 0.6 is 23.2 Å². The molecule has 1 atom stereocenters. The highest BCUT2D eigenvalue weighted by molar-refractivity contribution is 6.39. The van der Waals surface area contributed by atoms with E-state index in [1.165, 1.54) is 0 Å². The lowest BCUT2D eigenvalue weighted by Gasteiger charge is -2.08. The molecule has 2 aromatic rings. The summed E-state index contributed by atoms with van der Waals surface area (Å²) in [5, 5.41) is 5.17. The minimum absolute atomic E-state index is 0.116. The van der Waals surface area contributed by atoms with Crippen molar-refractivity contribution in [1.29, 1.82) is 0 Å². The molecule has 1 heterocycles. The van der Waals surface area contributed by atoms with E-state index in [4.69, 9.17) is 23.2 Å². The molecule has 0 N–H and O–H groups in total. The van der Waals surface area contributed by atoms with Crippen molar-refractivity contribution in [2.75, 3.05) is 0 Å². The van der Waals surface area contributed by atoms with Gasteiger partial charge in [-0.15, -0.1) is 0 Å². The van der Waals surface area contributed by atoms with Gasteiger partial charge < -0.3 is 0 Å². The number of carbonyl (C=O) groups is 1. The molecule has 0 fully saturated rings. The molecular formula is C15H16Cl2N2O. The van der Waals surface area contributed by atoms with Gasteiger partial charge in [0.25, 0.3) is 0 Å². The third kappa shape index (κ3) is 3.22. The molecule has 106 valence electrons. The number of hydrogen-bond donors (Lipinski definition) is 0. The molecule has 0 bridgehead atoms. The van der Waals surface area contributed by atoms with Gasteiger partial charge in [-0.1, -0.05) is 36.2 Å². The van der Waals surface area contributed by atoms with Crippen molar-refractivity contribution in [2.24, 2.45) is 0 Å². The largest absolute Gasteiger partial charge is 0.294 e. The van der Waals surface area contributed by atoms with Gasteiger partial charge in [0.1, 0.15) is 0 Å². The van der Waals surface area contributed by atoms with Gasteiger partial charge in [-0.2, -0.15) is 5.10 Å². The first-order valence-corrected chi connectivity index (χ1v) is 7.29. The fourth-order valence-electron chi connectivity index (χ4n) is 1.92. The molecule has 0 amide bonds. The minimum Gasteiger partial charge on any atom is -0.294 e. The van der Waals surface area contributed by atoms with Crippen molar-refractivity contribution in [3.05, 3.63) is 51.8 Å². The van der Waals surface area contributed by atoms with Crippen LogP contribution in [-0.2, 0) is 6.42 Å². The van der Waals surface area contributed by atoms with E-state index >= 15 is 0 Å². The van der Waals surface area contributed by atoms with Gasteiger partial charge in [0, 0.05) is 12.2 Å². The van der Waals surface area contributed by atoms with Crippen LogP contribution in [-0.4, -0.2) is 15.6 Å². The van der Waals surface area contributed by atoms with Crippen LogP contribution in [0.5, 0.6) is 0 Å². The summed E-state index contributed by atoms with van der Waals surface area (Å²) in [5.74, 6) is -0.116. The first-order valence-electron chi connectivity index (χ1n) is 6.54. The Kier molecular flexibility index (Phi) is 4.84. The first kappa shape index (κ1) is 15.1. The van der Waals surface area contributed by atoms with E-state index in [1.807, 2.05) is 16.9 Å². The maximum Gasteiger partial charge on any atom is 0.171 e. The van der Waals surface area contributed by atoms with Crippen LogP contribution < -0.4 is 0 Å². The average molecular weight is 311 g/mol. The van der Waals surface area contributed by atoms with Gasteiger partial charge in [-0.25, -0.2) is 0 Å². The lowest BCUT2D eigenvalue weighted by atomic mass is 10.1. The second-order valence-electron chi connectivity index (χ2n) is 4.74. The molecule has 3 nitrogen and oxygen atoms in total. The van der Waals surface area contributed by atoms with E-state index in [0.29, 0.717) is 21.7 Å². The van der Waals surface area contributed by atoms with Gasteiger partial charge in [0.15, 0.2) is 5.78 Å². The number of Topliss-reactive ketones (excluding diaryl/α,β-unsaturated/α-hetero) is 1. The maximum atomic E-state index is 12.3. The smallest absolute Gasteiger partial charge is 0.171 e. The van der Waals surface area contributed by atoms with Crippen molar-refractivity contribution < 1.29 is 4.79 Å². The van der Waals surface area contributed by atoms with Gasteiger partial charge in [0.05, 0.1) is 27.7 Å². The van der Waals surface area contributed by atoms with Gasteiger partial charge in [-0.3, -0.25) is 9.48 Å². The highest BCUT2D eigenvalue weighted by Gasteiger charge is 2.16. The maximum absolute atomic E-state index is 12.3. The van der Waals surface area contributed by atoms with Crippen molar-refractivity contribution in [1.82, 2.24) is 9.78 Å². The zero-order chi connectivity index (χ0) is 14.7. The molecule has 0 saturated heterocycles. The molecule has 0 aliphatic carbocycles. The van der Waals surface area contributed by atoms with E-state index in [-0.39, 0.29) is 12.2 Å². The number of rotatable bonds is 5. The second-order valence-corrected chi connectivity index (χ2v) is 5.56. The van der Waals surface area contributed by atoms with Gasteiger partial charge in [-0.05, 0) is 31.5 Å². The summed E-state index contributed by atoms with van der Waals surface area (Å²) in [6, 6.07) is 7.23. The Bertz CT molecular complexity index is 602. The van der Waals surface area contributed by atoms with Crippen molar-refractivity contribution in [3.8, 4) is 0 Å². The topological polar surface area (TPSA) is 34.9 Å². The molecule has 20 heavy (non-hydrogen) atoms. The molecule has 0 aliphatic heterocycles. The number of hydrogen-bond acceptors (Lipinski definition) is 2. The summed E-state index contributed by atoms with van der Waals surface area (Å²) in [6.07, 6.45) is 3.09. The quantitative estimate of drug-likeness (QED) is 0.757. The van der Waals surface area contributed by atoms with Crippen LogP contribution in [0.4, 0.5) is 0 Å². The van der Waals surface area contributed by atoms with Gasteiger partial charge in [0.2, 0.25) is 0 Å². The Labute approximate surface area is 128 Å². The molecule has 0 spiro atoms. The highest BCUT2D eigenvalue weighted by atomic mass is 35.5. The van der Waals surface area contributed by atoms with Crippen LogP contribution in [0.2, 0.25) is 10.0 Å². The molecule has 0 aliphatic rings. The summed E-state index contributed by atoms with van der Waals surface area (Å²) in [4.78, 5) is 12.3. The number of benzene rings is 1. The number of carbonyl (C=O) groups excluding carboxylic acids is 1. The second kappa shape index (κ2) is 6.42. The molecule has 1 unspecified atom stereocenters. The Morgan fingerprint density at radius 3 is 2.55 bits per heavy atom. The van der Waals surface area contributed by atoms with Crippen molar-refractivity contribution in [2.45, 2.75) is 32.7 Å². The highest BCUT2D eigenvalue weighted by Crippen LogP contribution is 2.25. The Morgan fingerprint density at radius 1 is 1.30 bits per heavy atom. The third-order valence-corrected chi connectivity index (χ3v) is 3.92. The molecule has 2 rings (SSSR count). The minimum atomic E-state index is -0.116. The molecular weight excluding hydrogens is 295 g/mol. The average Bonchev–Trinajstić information content (AvgIpc) is 2.86. The number of nitrogens with zero attached hydrogens (tertiary/aromatic N) is 2. The van der Waals surface area contributed by atoms with Gasteiger partial charge >= 0.3 is 0 Å². The van der Waals surface area contributed by atoms with Crippen LogP contribution in [0.15, 0.2) is 30.5 Å². The fraction of sp³-hybridized carbons (Fsp3) is 0.333. The van der Waals surface area contributed by atoms with Crippen LogP contribution in [0.3, 0.4) is 0 Å². The van der Waals surface area contributed by atoms with Crippen molar-refractivity contribution >= 4 is 29.0 Å². The standard InChI is InChI=1S/C15H16Cl2N2O/c1-3-10(2)19-8-7-11(18-19)9-14(20)15-12(16)5-4-6-13(15)17/h4-8,10H,3,9H2,1-2H3. The monoisotopic (exact) mass is 310 g/mol. The zero-order valence-electron chi connectivity index (χ0n) is 11.4. The number of ketones is 1. The predicted octanol–water partition coefficient (Wildman–Crippen LogP) is 4.59. The number of aromatic nitrogens is 2. The van der Waals surface area contributed by atoms with Crippen molar-refractivity contribution in [3.63, 3.8) is 0 Å². The molecule has 0 saturated carbocycles. The molecule has 0 radical (unpaired) electrons. The Balaban J connectivity index is 2.18. The lowest BCUT2D eigenvalue weighted by molar-refractivity contribution is 0.0992. The van der Waals surface area contributed by atoms with E-state index < -0.39 is 0 Å². The first-order chi connectivity index (χ1) is 9.52. The summed E-state index contributed by atoms with van der Waals surface area (Å²) in [7, 11) is 0. The molecule has 1 aromatic carbocycles. The zero-order valence-corrected chi connectivity index (χ0v) is 12.9. The molecule has 1 aromatic heterocycles. The van der Waals surface area contributed by atoms with E-state index in [0.717, 1.165) is 12.1 Å². The Hall–Kier alpha value is -1.32. The summed E-state index contributed by atoms with van der Waals surface area (Å²) < 4.78 is 1.87. The normalized spacial score (nSPS) is 12.4. The Morgan fingerprint density at radius 2 is 1.95 bits per heavy atom. The van der Waals surface area contributed by atoms with Crippen LogP contribution in [0.1, 0.15) is 42.4 Å². The van der Waals surface area contributed by atoms with E-state index in [1.54, 1.807) is 18.2 Å². The third-order valence-electron chi connectivity index (χ3n) is 3.29. The predicted molar refractivity (Wildman–Crippen MR) is 81.7 cm³/mol. The van der Waals surface area contributed by atoms with Crippen LogP contribution in [0, 0.1) is 0 Å². The van der Waals surface area contributed by atoms with E-state index in [9.17, 15) is 4.79 Å². The summed E-state index contributed by atoms with van der Waals surface area (Å²) in [5.41, 5.74) is 1.10. The van der Waals surface area contributed by atoms with Crippen LogP contribution in [0.25, 0.3) is 0 Å². The molecule has 5 heteroatoms.